The van der Waals surface area contributed by atoms with Gasteiger partial charge in [0.1, 0.15) is 11.8 Å². The number of amides is 2. The van der Waals surface area contributed by atoms with Crippen LogP contribution in [0, 0.1) is 24.3 Å². The summed E-state index contributed by atoms with van der Waals surface area (Å²) in [6, 6.07) is -1.79. The number of carboxylic acids is 1. The van der Waals surface area contributed by atoms with Crippen LogP contribution in [0.4, 0.5) is 4.79 Å². The Kier molecular flexibility index (Phi) is 19.8. The molecule has 8 heteroatoms. The highest BCUT2D eigenvalue weighted by molar-refractivity contribution is 7.99. The molecule has 0 bridgehead atoms. The van der Waals surface area contributed by atoms with E-state index < -0.39 is 18.0 Å². The molecule has 2 amide bonds. The summed E-state index contributed by atoms with van der Waals surface area (Å²) < 4.78 is 0. The van der Waals surface area contributed by atoms with Crippen LogP contribution in [0.25, 0.3) is 4.85 Å². The lowest BCUT2D eigenvalue weighted by molar-refractivity contribution is -0.138. The largest absolute Gasteiger partial charge is 0.480 e. The molecule has 0 aliphatic rings. The number of carbonyl (C=O) groups is 3. The molecular weight excluding hydrogens is 486 g/mol. The van der Waals surface area contributed by atoms with Crippen molar-refractivity contribution in [3.63, 3.8) is 0 Å². The van der Waals surface area contributed by atoms with Gasteiger partial charge in [-0.1, -0.05) is 84.3 Å². The van der Waals surface area contributed by atoms with Crippen molar-refractivity contribution in [2.75, 3.05) is 24.7 Å². The molecule has 0 spiro atoms. The number of thioether (sulfide) groups is 1. The number of rotatable bonds is 21. The van der Waals surface area contributed by atoms with E-state index in [4.69, 9.17) is 6.57 Å². The third kappa shape index (κ3) is 19.7. The van der Waals surface area contributed by atoms with Gasteiger partial charge in [0.25, 0.3) is 6.67 Å². The van der Waals surface area contributed by atoms with Crippen LogP contribution < -0.4 is 5.32 Å². The molecule has 37 heavy (non-hydrogen) atoms. The number of hydrogen-bond donors (Lipinski definition) is 2. The number of nitrogens with one attached hydrogen (secondary N) is 1. The van der Waals surface area contributed by atoms with Crippen LogP contribution in [0.5, 0.6) is 0 Å². The Morgan fingerprint density at radius 2 is 1.54 bits per heavy atom. The standard InChI is InChI=1S/C29H51N3O4S/c1-22(2)11-8-12-23(3)13-9-14-24(4)15-10-16-25(5)17-18-37-20-27(28(34)35)31-29(36)32(21-30-7)19-26(6)33/h17,22-24,27H,8-16,18-21H2,1-6H3,(H,31,36)(H,34,35)/b25-17+/t23?,24?,27-/m0/s1. The zero-order valence-corrected chi connectivity index (χ0v) is 24.9. The second-order valence-corrected chi connectivity index (χ2v) is 12.1. The summed E-state index contributed by atoms with van der Waals surface area (Å²) in [4.78, 5) is 39.3. The van der Waals surface area contributed by atoms with Gasteiger partial charge >= 0.3 is 12.0 Å². The summed E-state index contributed by atoms with van der Waals surface area (Å²) in [6.07, 6.45) is 13.6. The maximum Gasteiger partial charge on any atom is 0.327 e. The Hall–Kier alpha value is -2.01. The molecular formula is C29H51N3O4S. The van der Waals surface area contributed by atoms with E-state index in [-0.39, 0.29) is 24.7 Å². The first-order valence-electron chi connectivity index (χ1n) is 13.8. The van der Waals surface area contributed by atoms with Crippen LogP contribution in [0.15, 0.2) is 11.6 Å². The van der Waals surface area contributed by atoms with Gasteiger partial charge in [0.05, 0.1) is 6.54 Å². The van der Waals surface area contributed by atoms with Crippen molar-refractivity contribution in [3.05, 3.63) is 23.1 Å². The summed E-state index contributed by atoms with van der Waals surface area (Å²) in [5.74, 6) is 1.88. The van der Waals surface area contributed by atoms with Gasteiger partial charge in [-0.3, -0.25) is 14.5 Å². The molecule has 0 aliphatic heterocycles. The summed E-state index contributed by atoms with van der Waals surface area (Å²) in [7, 11) is 0. The second kappa shape index (κ2) is 21.0. The molecule has 0 saturated carbocycles. The Morgan fingerprint density at radius 3 is 2.05 bits per heavy atom. The smallest absolute Gasteiger partial charge is 0.327 e. The third-order valence-corrected chi connectivity index (χ3v) is 7.48. The van der Waals surface area contributed by atoms with E-state index in [0.29, 0.717) is 5.75 Å². The van der Waals surface area contributed by atoms with Gasteiger partial charge in [0.2, 0.25) is 0 Å². The lowest BCUT2D eigenvalue weighted by atomic mass is 9.91. The van der Waals surface area contributed by atoms with Crippen LogP contribution in [0.3, 0.4) is 0 Å². The molecule has 0 saturated heterocycles. The van der Waals surface area contributed by atoms with E-state index in [1.54, 1.807) is 0 Å². The Morgan fingerprint density at radius 1 is 0.973 bits per heavy atom. The molecule has 212 valence electrons. The van der Waals surface area contributed by atoms with Gasteiger partial charge in [-0.25, -0.2) is 16.2 Å². The number of nitrogens with zero attached hydrogens (tertiary/aromatic N) is 2. The summed E-state index contributed by atoms with van der Waals surface area (Å²) in [6.45, 7) is 19.2. The van der Waals surface area contributed by atoms with Gasteiger partial charge in [0, 0.05) is 11.5 Å². The predicted molar refractivity (Wildman–Crippen MR) is 155 cm³/mol. The van der Waals surface area contributed by atoms with Crippen molar-refractivity contribution in [1.29, 1.82) is 0 Å². The van der Waals surface area contributed by atoms with Crippen molar-refractivity contribution >= 4 is 29.5 Å². The lowest BCUT2D eigenvalue weighted by Gasteiger charge is -2.20. The number of hydrogen-bond acceptors (Lipinski definition) is 4. The van der Waals surface area contributed by atoms with E-state index in [1.165, 1.54) is 75.6 Å². The van der Waals surface area contributed by atoms with Crippen molar-refractivity contribution < 1.29 is 19.5 Å². The molecule has 3 atom stereocenters. The lowest BCUT2D eigenvalue weighted by Crippen LogP contribution is -2.50. The van der Waals surface area contributed by atoms with E-state index >= 15 is 0 Å². The van der Waals surface area contributed by atoms with Gasteiger partial charge in [-0.2, -0.15) is 11.8 Å². The minimum Gasteiger partial charge on any atom is -0.480 e. The van der Waals surface area contributed by atoms with Crippen molar-refractivity contribution in [3.8, 4) is 0 Å². The summed E-state index contributed by atoms with van der Waals surface area (Å²) in [5.41, 5.74) is 1.30. The van der Waals surface area contributed by atoms with Gasteiger partial charge in [-0.15, -0.1) is 0 Å². The molecule has 7 nitrogen and oxygen atoms in total. The van der Waals surface area contributed by atoms with Crippen molar-refractivity contribution in [1.82, 2.24) is 10.2 Å². The zero-order valence-electron chi connectivity index (χ0n) is 24.1. The molecule has 0 aromatic heterocycles. The van der Waals surface area contributed by atoms with Gasteiger partial charge in [-0.05, 0) is 44.4 Å². The maximum absolute atomic E-state index is 12.3. The van der Waals surface area contributed by atoms with Crippen LogP contribution in [0.2, 0.25) is 0 Å². The monoisotopic (exact) mass is 537 g/mol. The van der Waals surface area contributed by atoms with Crippen LogP contribution >= 0.6 is 11.8 Å². The summed E-state index contributed by atoms with van der Waals surface area (Å²) >= 11 is 1.44. The predicted octanol–water partition coefficient (Wildman–Crippen LogP) is 7.04. The van der Waals surface area contributed by atoms with E-state index in [9.17, 15) is 19.5 Å². The number of carbonyl (C=O) groups excluding carboxylic acids is 2. The number of ketones is 1. The SMILES string of the molecule is [C-]#[N+]CN(CC(C)=O)C(=O)N[C@@H](CSC/C=C(\C)CCCC(C)CCCC(C)CCCC(C)C)C(=O)O. The number of allylic oxidation sites excluding steroid dienone is 1. The third-order valence-electron chi connectivity index (χ3n) is 6.51. The van der Waals surface area contributed by atoms with Crippen LogP contribution in [0.1, 0.15) is 99.3 Å². The van der Waals surface area contributed by atoms with Crippen LogP contribution in [-0.2, 0) is 9.59 Å². The van der Waals surface area contributed by atoms with E-state index in [0.717, 1.165) is 29.1 Å². The minimum absolute atomic E-state index is 0.212. The zero-order chi connectivity index (χ0) is 28.2. The van der Waals surface area contributed by atoms with Gasteiger partial charge in [0.15, 0.2) is 0 Å². The molecule has 0 heterocycles. The molecule has 0 aliphatic carbocycles. The number of aliphatic carboxylic acids is 1. The molecule has 0 aromatic carbocycles. The Bertz CT molecular complexity index is 748. The van der Waals surface area contributed by atoms with Crippen LogP contribution in [-0.4, -0.2) is 58.6 Å². The van der Waals surface area contributed by atoms with Crippen molar-refractivity contribution in [2.45, 2.75) is 105 Å². The molecule has 0 radical (unpaired) electrons. The average molecular weight is 538 g/mol. The number of Topliss-reactive ketones (excluding diaryl/α,β-unsaturated/α-hetero) is 1. The Balaban J connectivity index is 4.22. The minimum atomic E-state index is -1.13. The second-order valence-electron chi connectivity index (χ2n) is 11.0. The fraction of sp³-hybridized carbons (Fsp3) is 0.793. The normalized spacial score (nSPS) is 14.1. The highest BCUT2D eigenvalue weighted by Gasteiger charge is 2.24. The van der Waals surface area contributed by atoms with Gasteiger partial charge < -0.3 is 10.4 Å². The number of carboxylic acid groups (broad SMARTS) is 1. The average Bonchev–Trinajstić information content (AvgIpc) is 2.79. The first-order valence-corrected chi connectivity index (χ1v) is 15.0. The first kappa shape index (κ1) is 35.0. The number of urea groups is 1. The molecule has 0 aromatic rings. The fourth-order valence-corrected chi connectivity index (χ4v) is 5.15. The fourth-order valence-electron chi connectivity index (χ4n) is 4.15. The molecule has 0 rings (SSSR count). The first-order chi connectivity index (χ1) is 17.5. The Labute approximate surface area is 230 Å². The molecule has 2 unspecified atom stereocenters. The van der Waals surface area contributed by atoms with E-state index in [1.807, 2.05) is 0 Å². The topological polar surface area (TPSA) is 91.1 Å². The summed E-state index contributed by atoms with van der Waals surface area (Å²) in [5, 5.41) is 11.9. The maximum atomic E-state index is 12.3. The van der Waals surface area contributed by atoms with Crippen molar-refractivity contribution in [2.24, 2.45) is 17.8 Å². The molecule has 0 fully saturated rings. The van der Waals surface area contributed by atoms with E-state index in [2.05, 4.69) is 50.9 Å². The molecule has 2 N–H and O–H groups in total. The highest BCUT2D eigenvalue weighted by atomic mass is 32.2. The quantitative estimate of drug-likeness (QED) is 0.0931. The highest BCUT2D eigenvalue weighted by Crippen LogP contribution is 2.22.